The molecule has 1 aromatic heterocycles. The van der Waals surface area contributed by atoms with Crippen LogP contribution in [0.25, 0.3) is 39.5 Å². The van der Waals surface area contributed by atoms with E-state index >= 15 is 0 Å². The third-order valence-corrected chi connectivity index (χ3v) is 8.24. The third-order valence-electron chi connectivity index (χ3n) is 8.24. The van der Waals surface area contributed by atoms with Gasteiger partial charge in [-0.1, -0.05) is 89.4 Å². The minimum absolute atomic E-state index is 0.115. The summed E-state index contributed by atoms with van der Waals surface area (Å²) in [4.78, 5) is 43.3. The maximum atomic E-state index is 14.3. The molecule has 0 saturated heterocycles. The summed E-state index contributed by atoms with van der Waals surface area (Å²) in [5.41, 5.74) is 5.88. The Balaban J connectivity index is 1.67. The molecule has 6 rings (SSSR count). The Kier molecular flexibility index (Phi) is 6.53. The van der Waals surface area contributed by atoms with Crippen LogP contribution in [0, 0.1) is 0 Å². The molecule has 0 unspecified atom stereocenters. The molecule has 0 bridgehead atoms. The van der Waals surface area contributed by atoms with Crippen LogP contribution in [0.5, 0.6) is 0 Å². The largest absolute Gasteiger partial charge is 0.308 e. The average Bonchev–Trinajstić information content (AvgIpc) is 2.99. The van der Waals surface area contributed by atoms with Gasteiger partial charge in [0.15, 0.2) is 5.43 Å². The van der Waals surface area contributed by atoms with Crippen molar-refractivity contribution >= 4 is 51.3 Å². The van der Waals surface area contributed by atoms with Crippen molar-refractivity contribution in [2.24, 2.45) is 0 Å². The highest BCUT2D eigenvalue weighted by Gasteiger charge is 2.37. The fraction of sp³-hybridized carbons (Fsp3) is 0.162. The van der Waals surface area contributed by atoms with Crippen molar-refractivity contribution in [2.75, 3.05) is 4.90 Å². The molecule has 0 aliphatic carbocycles. The highest BCUT2D eigenvalue weighted by atomic mass is 16.2. The van der Waals surface area contributed by atoms with Crippen molar-refractivity contribution in [1.29, 1.82) is 0 Å². The molecule has 0 saturated carbocycles. The predicted molar refractivity (Wildman–Crippen MR) is 173 cm³/mol. The number of carbonyl (C=O) groups is 2. The Morgan fingerprint density at radius 1 is 0.667 bits per heavy atom. The Morgan fingerprint density at radius 3 is 1.88 bits per heavy atom. The van der Waals surface area contributed by atoms with Crippen molar-refractivity contribution in [3.05, 3.63) is 130 Å². The topological polar surface area (TPSA) is 59.4 Å². The number of anilines is 1. The van der Waals surface area contributed by atoms with Crippen LogP contribution in [0.15, 0.2) is 90.7 Å². The SMILES string of the molecule is C=Cc1c(C=C)n(-c2ccc3c4c(cccc24)C(=O)N(c2c(C(C)C)cccc2C(C)C)C3=O)c2ccccc2c1=O. The summed E-state index contributed by atoms with van der Waals surface area (Å²) in [5, 5.41) is 1.88. The maximum Gasteiger partial charge on any atom is 0.266 e. The van der Waals surface area contributed by atoms with E-state index < -0.39 is 0 Å². The predicted octanol–water partition coefficient (Wildman–Crippen LogP) is 8.48. The van der Waals surface area contributed by atoms with Gasteiger partial charge in [0.2, 0.25) is 0 Å². The number of carbonyl (C=O) groups excluding carboxylic acids is 2. The van der Waals surface area contributed by atoms with Gasteiger partial charge in [0.05, 0.1) is 22.6 Å². The van der Waals surface area contributed by atoms with Crippen molar-refractivity contribution < 1.29 is 9.59 Å². The molecule has 4 aromatic carbocycles. The number of rotatable bonds is 6. The molecule has 2 heterocycles. The standard InChI is InChI=1S/C37H32N2O3/c1-7-23-30(8-2)38(31-18-10-9-13-27(31)35(23)40)32-20-19-29-33-26(32)16-12-17-28(33)36(41)39(37(29)42)34-24(21(3)4)14-11-15-25(34)22(5)6/h7-22H,1-2H2,3-6H3. The van der Waals surface area contributed by atoms with Crippen LogP contribution < -0.4 is 10.3 Å². The minimum atomic E-state index is -0.342. The number of pyridine rings is 1. The monoisotopic (exact) mass is 552 g/mol. The first-order valence-corrected chi connectivity index (χ1v) is 14.2. The lowest BCUT2D eigenvalue weighted by molar-refractivity contribution is 0.0893. The maximum absolute atomic E-state index is 14.3. The lowest BCUT2D eigenvalue weighted by Gasteiger charge is -2.32. The number of fused-ring (bicyclic) bond motifs is 1. The van der Waals surface area contributed by atoms with Gasteiger partial charge in [-0.3, -0.25) is 14.4 Å². The Labute approximate surface area is 245 Å². The minimum Gasteiger partial charge on any atom is -0.308 e. The van der Waals surface area contributed by atoms with Gasteiger partial charge in [-0.05, 0) is 59.4 Å². The van der Waals surface area contributed by atoms with Crippen LogP contribution in [0.2, 0.25) is 0 Å². The van der Waals surface area contributed by atoms with Crippen molar-refractivity contribution in [2.45, 2.75) is 39.5 Å². The van der Waals surface area contributed by atoms with Crippen LogP contribution in [-0.4, -0.2) is 16.4 Å². The molecule has 0 radical (unpaired) electrons. The number of para-hydroxylation sites is 2. The van der Waals surface area contributed by atoms with Gasteiger partial charge in [0, 0.05) is 32.8 Å². The highest BCUT2D eigenvalue weighted by Crippen LogP contribution is 2.42. The first kappa shape index (κ1) is 27.2. The zero-order valence-electron chi connectivity index (χ0n) is 24.3. The van der Waals surface area contributed by atoms with Crippen LogP contribution in [0.1, 0.15) is 82.6 Å². The van der Waals surface area contributed by atoms with Crippen LogP contribution in [0.4, 0.5) is 5.69 Å². The number of amides is 2. The van der Waals surface area contributed by atoms with Gasteiger partial charge in [0.1, 0.15) is 0 Å². The summed E-state index contributed by atoms with van der Waals surface area (Å²) in [7, 11) is 0. The summed E-state index contributed by atoms with van der Waals surface area (Å²) in [6, 6.07) is 22.6. The second-order valence-electron chi connectivity index (χ2n) is 11.3. The molecule has 0 spiro atoms. The van der Waals surface area contributed by atoms with Crippen molar-refractivity contribution in [1.82, 2.24) is 4.57 Å². The van der Waals surface area contributed by atoms with Crippen molar-refractivity contribution in [3.63, 3.8) is 0 Å². The number of benzene rings is 4. The van der Waals surface area contributed by atoms with Gasteiger partial charge < -0.3 is 4.57 Å². The third kappa shape index (κ3) is 3.81. The fourth-order valence-corrected chi connectivity index (χ4v) is 6.28. The molecule has 5 aromatic rings. The molecule has 42 heavy (non-hydrogen) atoms. The number of hydrogen-bond donors (Lipinski definition) is 0. The van der Waals surface area contributed by atoms with Gasteiger partial charge in [0.25, 0.3) is 11.8 Å². The fourth-order valence-electron chi connectivity index (χ4n) is 6.28. The molecule has 0 atom stereocenters. The average molecular weight is 553 g/mol. The van der Waals surface area contributed by atoms with Crippen LogP contribution in [-0.2, 0) is 0 Å². The van der Waals surface area contributed by atoms with E-state index in [0.29, 0.717) is 44.4 Å². The Bertz CT molecular complexity index is 2000. The first-order chi connectivity index (χ1) is 20.2. The summed E-state index contributed by atoms with van der Waals surface area (Å²) >= 11 is 0. The number of hydrogen-bond acceptors (Lipinski definition) is 3. The molecule has 1 aliphatic rings. The summed E-state index contributed by atoms with van der Waals surface area (Å²) in [5.74, 6) is -0.454. The van der Waals surface area contributed by atoms with Gasteiger partial charge in [-0.25, -0.2) is 4.90 Å². The Hall–Kier alpha value is -5.03. The number of aromatic nitrogens is 1. The second kappa shape index (κ2) is 10.1. The van der Waals surface area contributed by atoms with E-state index in [2.05, 4.69) is 40.9 Å². The van der Waals surface area contributed by atoms with Gasteiger partial charge in [-0.15, -0.1) is 0 Å². The van der Waals surface area contributed by atoms with Crippen LogP contribution in [0.3, 0.4) is 0 Å². The quantitative estimate of drug-likeness (QED) is 0.199. The molecule has 1 aliphatic heterocycles. The van der Waals surface area contributed by atoms with E-state index in [1.807, 2.05) is 59.2 Å². The van der Waals surface area contributed by atoms with Crippen LogP contribution >= 0.6 is 0 Å². The zero-order valence-corrected chi connectivity index (χ0v) is 24.3. The summed E-state index contributed by atoms with van der Waals surface area (Å²) in [6.07, 6.45) is 3.20. The molecular weight excluding hydrogens is 520 g/mol. The molecule has 5 nitrogen and oxygen atoms in total. The molecule has 5 heteroatoms. The number of imide groups is 1. The summed E-state index contributed by atoms with van der Waals surface area (Å²) < 4.78 is 1.97. The Morgan fingerprint density at radius 2 is 1.26 bits per heavy atom. The van der Waals surface area contributed by atoms with Gasteiger partial charge in [-0.2, -0.15) is 0 Å². The van der Waals surface area contributed by atoms with E-state index in [4.69, 9.17) is 0 Å². The summed E-state index contributed by atoms with van der Waals surface area (Å²) in [6.45, 7) is 16.2. The van der Waals surface area contributed by atoms with E-state index in [1.165, 1.54) is 4.90 Å². The molecule has 208 valence electrons. The molecular formula is C37H32N2O3. The lowest BCUT2D eigenvalue weighted by Crippen LogP contribution is -2.41. The number of nitrogens with zero attached hydrogens (tertiary/aromatic N) is 2. The van der Waals surface area contributed by atoms with E-state index in [9.17, 15) is 14.4 Å². The zero-order chi connectivity index (χ0) is 29.9. The van der Waals surface area contributed by atoms with Crippen molar-refractivity contribution in [3.8, 4) is 5.69 Å². The first-order valence-electron chi connectivity index (χ1n) is 14.2. The molecule has 2 amide bonds. The van der Waals surface area contributed by atoms with E-state index in [-0.39, 0.29) is 29.1 Å². The molecule has 0 N–H and O–H groups in total. The second-order valence-corrected chi connectivity index (χ2v) is 11.3. The smallest absolute Gasteiger partial charge is 0.266 e. The molecule has 0 fully saturated rings. The van der Waals surface area contributed by atoms with E-state index in [0.717, 1.165) is 22.2 Å². The lowest BCUT2D eigenvalue weighted by atomic mass is 9.88. The van der Waals surface area contributed by atoms with E-state index in [1.54, 1.807) is 30.4 Å². The highest BCUT2D eigenvalue weighted by molar-refractivity contribution is 6.36. The normalized spacial score (nSPS) is 13.0. The van der Waals surface area contributed by atoms with Gasteiger partial charge >= 0.3 is 0 Å².